The van der Waals surface area contributed by atoms with Gasteiger partial charge in [-0.3, -0.25) is 9.52 Å². The molecule has 0 radical (unpaired) electrons. The Balaban J connectivity index is 2.16. The molecule has 1 aromatic heterocycles. The Morgan fingerprint density at radius 3 is 2.92 bits per heavy atom. The molecule has 0 aliphatic heterocycles. The molecule has 1 unspecified atom stereocenters. The number of carbonyl (C=O) groups is 1. The lowest BCUT2D eigenvalue weighted by atomic mass is 10.1. The average Bonchev–Trinajstić information content (AvgIpc) is 2.94. The zero-order valence-corrected chi connectivity index (χ0v) is 16.7. The van der Waals surface area contributed by atoms with E-state index in [0.29, 0.717) is 11.3 Å². The summed E-state index contributed by atoms with van der Waals surface area (Å²) in [5.74, 6) is -0.402. The standard InChI is InChI=1S/C16H17BrN2O4S2/c1-3-14(11-6-5-7-12(17)8-11)25(21,22)19-16-18-13(10-24-16)9-15(20)23-4-2/h3,5-8,10,14H,1,4,9H2,2H3,(H,18,19). The molecule has 2 aromatic rings. The highest BCUT2D eigenvalue weighted by Gasteiger charge is 2.25. The van der Waals surface area contributed by atoms with Crippen LogP contribution in [0.25, 0.3) is 0 Å². The van der Waals surface area contributed by atoms with Gasteiger partial charge in [-0.2, -0.15) is 0 Å². The van der Waals surface area contributed by atoms with E-state index in [1.54, 1.807) is 30.5 Å². The van der Waals surface area contributed by atoms with Gasteiger partial charge >= 0.3 is 5.97 Å². The first-order chi connectivity index (χ1) is 11.9. The predicted octanol–water partition coefficient (Wildman–Crippen LogP) is 3.68. The van der Waals surface area contributed by atoms with E-state index < -0.39 is 21.2 Å². The Labute approximate surface area is 159 Å². The number of rotatable bonds is 8. The van der Waals surface area contributed by atoms with Crippen molar-refractivity contribution in [3.63, 3.8) is 0 Å². The summed E-state index contributed by atoms with van der Waals surface area (Å²) in [6.07, 6.45) is 1.36. The second kappa shape index (κ2) is 8.59. The van der Waals surface area contributed by atoms with Gasteiger partial charge in [0.2, 0.25) is 10.0 Å². The van der Waals surface area contributed by atoms with Crippen LogP contribution < -0.4 is 4.72 Å². The summed E-state index contributed by atoms with van der Waals surface area (Å²) in [5.41, 5.74) is 1.04. The number of halogens is 1. The summed E-state index contributed by atoms with van der Waals surface area (Å²) in [6.45, 7) is 5.63. The van der Waals surface area contributed by atoms with Gasteiger partial charge < -0.3 is 4.74 Å². The molecule has 9 heteroatoms. The third kappa shape index (κ3) is 5.38. The summed E-state index contributed by atoms with van der Waals surface area (Å²) >= 11 is 4.44. The molecule has 0 bridgehead atoms. The molecule has 1 N–H and O–H groups in total. The van der Waals surface area contributed by atoms with Crippen molar-refractivity contribution in [3.8, 4) is 0 Å². The lowest BCUT2D eigenvalue weighted by molar-refractivity contribution is -0.142. The maximum Gasteiger partial charge on any atom is 0.311 e. The highest BCUT2D eigenvalue weighted by Crippen LogP contribution is 2.28. The van der Waals surface area contributed by atoms with Crippen LogP contribution in [0.5, 0.6) is 0 Å². The molecule has 134 valence electrons. The fourth-order valence-electron chi connectivity index (χ4n) is 2.11. The van der Waals surface area contributed by atoms with Crippen molar-refractivity contribution < 1.29 is 17.9 Å². The second-order valence-corrected chi connectivity index (χ2v) is 8.56. The Hall–Kier alpha value is -1.71. The summed E-state index contributed by atoms with van der Waals surface area (Å²) < 4.78 is 33.4. The summed E-state index contributed by atoms with van der Waals surface area (Å²) in [6, 6.07) is 7.00. The molecule has 0 spiro atoms. The van der Waals surface area contributed by atoms with Crippen molar-refractivity contribution in [1.82, 2.24) is 4.98 Å². The summed E-state index contributed by atoms with van der Waals surface area (Å²) in [5, 5.41) is 0.889. The molecule has 0 saturated carbocycles. The van der Waals surface area contributed by atoms with E-state index >= 15 is 0 Å². The zero-order chi connectivity index (χ0) is 18.4. The predicted molar refractivity (Wildman–Crippen MR) is 102 cm³/mol. The van der Waals surface area contributed by atoms with Crippen molar-refractivity contribution in [2.45, 2.75) is 18.6 Å². The lowest BCUT2D eigenvalue weighted by Gasteiger charge is -2.14. The molecule has 0 fully saturated rings. The number of hydrogen-bond acceptors (Lipinski definition) is 6. The van der Waals surface area contributed by atoms with Crippen LogP contribution in [0.3, 0.4) is 0 Å². The van der Waals surface area contributed by atoms with Gasteiger partial charge in [0.05, 0.1) is 18.7 Å². The van der Waals surface area contributed by atoms with Gasteiger partial charge in [0.15, 0.2) is 5.13 Å². The number of benzene rings is 1. The van der Waals surface area contributed by atoms with Gasteiger partial charge in [-0.15, -0.1) is 17.9 Å². The number of nitrogens with one attached hydrogen (secondary N) is 1. The van der Waals surface area contributed by atoms with Crippen LogP contribution in [0.4, 0.5) is 5.13 Å². The van der Waals surface area contributed by atoms with Crippen LogP contribution in [-0.4, -0.2) is 26.0 Å². The van der Waals surface area contributed by atoms with Gasteiger partial charge in [0.25, 0.3) is 0 Å². The van der Waals surface area contributed by atoms with Crippen molar-refractivity contribution in [2.75, 3.05) is 11.3 Å². The highest BCUT2D eigenvalue weighted by atomic mass is 79.9. The van der Waals surface area contributed by atoms with Crippen molar-refractivity contribution in [2.24, 2.45) is 0 Å². The van der Waals surface area contributed by atoms with Crippen molar-refractivity contribution in [3.05, 3.63) is 58.0 Å². The topological polar surface area (TPSA) is 85.4 Å². The summed E-state index contributed by atoms with van der Waals surface area (Å²) in [4.78, 5) is 15.6. The van der Waals surface area contributed by atoms with Gasteiger partial charge in [-0.05, 0) is 24.6 Å². The van der Waals surface area contributed by atoms with E-state index in [0.717, 1.165) is 15.8 Å². The number of anilines is 1. The number of aromatic nitrogens is 1. The third-order valence-electron chi connectivity index (χ3n) is 3.14. The molecule has 25 heavy (non-hydrogen) atoms. The minimum Gasteiger partial charge on any atom is -0.466 e. The van der Waals surface area contributed by atoms with Crippen molar-refractivity contribution >= 4 is 48.4 Å². The SMILES string of the molecule is C=CC(c1cccc(Br)c1)S(=O)(=O)Nc1nc(CC(=O)OCC)cs1. The second-order valence-electron chi connectivity index (χ2n) is 4.98. The largest absolute Gasteiger partial charge is 0.466 e. The molecule has 1 aromatic carbocycles. The molecule has 0 aliphatic rings. The lowest BCUT2D eigenvalue weighted by Crippen LogP contribution is -2.20. The van der Waals surface area contributed by atoms with Gasteiger partial charge in [0.1, 0.15) is 5.25 Å². The van der Waals surface area contributed by atoms with E-state index in [4.69, 9.17) is 4.74 Å². The normalized spacial score (nSPS) is 12.4. The molecule has 1 heterocycles. The number of carbonyl (C=O) groups excluding carboxylic acids is 1. The van der Waals surface area contributed by atoms with Gasteiger partial charge in [-0.25, -0.2) is 13.4 Å². The van der Waals surface area contributed by atoms with E-state index in [2.05, 4.69) is 32.2 Å². The van der Waals surface area contributed by atoms with Crippen molar-refractivity contribution in [1.29, 1.82) is 0 Å². The number of thiazole rings is 1. The fourth-order valence-corrected chi connectivity index (χ4v) is 4.79. The molecule has 0 saturated heterocycles. The van der Waals surface area contributed by atoms with Crippen LogP contribution in [0.1, 0.15) is 23.4 Å². The molecular formula is C16H17BrN2O4S2. The van der Waals surface area contributed by atoms with Crippen LogP contribution in [0.15, 0.2) is 46.8 Å². The average molecular weight is 445 g/mol. The first kappa shape index (κ1) is 19.6. The Morgan fingerprint density at radius 1 is 1.52 bits per heavy atom. The maximum atomic E-state index is 12.7. The smallest absolute Gasteiger partial charge is 0.311 e. The Bertz CT molecular complexity index is 865. The first-order valence-electron chi connectivity index (χ1n) is 7.35. The summed E-state index contributed by atoms with van der Waals surface area (Å²) in [7, 11) is -3.78. The minimum absolute atomic E-state index is 0.00257. The van der Waals surface area contributed by atoms with E-state index in [1.165, 1.54) is 6.08 Å². The van der Waals surface area contributed by atoms with E-state index in [9.17, 15) is 13.2 Å². The zero-order valence-electron chi connectivity index (χ0n) is 13.4. The number of sulfonamides is 1. The Morgan fingerprint density at radius 2 is 2.28 bits per heavy atom. The first-order valence-corrected chi connectivity index (χ1v) is 10.6. The molecule has 0 amide bonds. The number of esters is 1. The molecule has 6 nitrogen and oxygen atoms in total. The maximum absolute atomic E-state index is 12.7. The molecule has 2 rings (SSSR count). The number of nitrogens with zero attached hydrogens (tertiary/aromatic N) is 1. The Kier molecular flexibility index (Phi) is 6.74. The van der Waals surface area contributed by atoms with E-state index in [-0.39, 0.29) is 18.2 Å². The van der Waals surface area contributed by atoms with Crippen LogP contribution >= 0.6 is 27.3 Å². The monoisotopic (exact) mass is 444 g/mol. The van der Waals surface area contributed by atoms with Crippen LogP contribution in [0.2, 0.25) is 0 Å². The van der Waals surface area contributed by atoms with Crippen LogP contribution in [0, 0.1) is 0 Å². The molecule has 1 atom stereocenters. The van der Waals surface area contributed by atoms with E-state index in [1.807, 2.05) is 6.07 Å². The van der Waals surface area contributed by atoms with Gasteiger partial charge in [-0.1, -0.05) is 34.1 Å². The molecule has 0 aliphatic carbocycles. The number of ether oxygens (including phenoxy) is 1. The molecular weight excluding hydrogens is 428 g/mol. The quantitative estimate of drug-likeness (QED) is 0.495. The number of hydrogen-bond donors (Lipinski definition) is 1. The van der Waals surface area contributed by atoms with Gasteiger partial charge in [0, 0.05) is 9.85 Å². The van der Waals surface area contributed by atoms with Crippen LogP contribution in [-0.2, 0) is 26.0 Å². The minimum atomic E-state index is -3.78. The third-order valence-corrected chi connectivity index (χ3v) is 6.18. The highest BCUT2D eigenvalue weighted by molar-refractivity contribution is 9.10. The fraction of sp³-hybridized carbons (Fsp3) is 0.250.